The number of aryl methyl sites for hydroxylation is 1. The van der Waals surface area contributed by atoms with Crippen molar-refractivity contribution in [3.05, 3.63) is 35.4 Å². The van der Waals surface area contributed by atoms with Crippen molar-refractivity contribution in [1.82, 2.24) is 0 Å². The molecular weight excluding hydrogens is 300 g/mol. The van der Waals surface area contributed by atoms with E-state index in [1.165, 1.54) is 16.7 Å². The molecule has 3 heteroatoms. The standard InChI is InChI=1S/C21H26O3/c1-11-9-16-19-17(10-11)24-21(4,8-7-15-13(3)22-15)14-6-5-12(2)20(23-16)18(14)19/h9-10,13-15,18,20H,2,5-8H2,1,3-4H3/t13?,14-,15?,18+,20+,21+/m1/s1. The zero-order valence-electron chi connectivity index (χ0n) is 14.8. The molecule has 0 radical (unpaired) electrons. The fourth-order valence-corrected chi connectivity index (χ4v) is 5.23. The van der Waals surface area contributed by atoms with Gasteiger partial charge in [-0.25, -0.2) is 0 Å². The van der Waals surface area contributed by atoms with Crippen LogP contribution < -0.4 is 9.47 Å². The molecule has 1 aromatic carbocycles. The summed E-state index contributed by atoms with van der Waals surface area (Å²) in [5.41, 5.74) is 3.61. The zero-order valence-corrected chi connectivity index (χ0v) is 14.8. The minimum absolute atomic E-state index is 0.138. The van der Waals surface area contributed by atoms with Gasteiger partial charge in [-0.15, -0.1) is 0 Å². The van der Waals surface area contributed by atoms with E-state index in [0.29, 0.717) is 24.0 Å². The van der Waals surface area contributed by atoms with Gasteiger partial charge in [0.2, 0.25) is 0 Å². The summed E-state index contributed by atoms with van der Waals surface area (Å²) in [6, 6.07) is 4.35. The molecule has 0 spiro atoms. The summed E-state index contributed by atoms with van der Waals surface area (Å²) < 4.78 is 18.6. The molecule has 1 saturated carbocycles. The lowest BCUT2D eigenvalue weighted by molar-refractivity contribution is -0.0355. The lowest BCUT2D eigenvalue weighted by atomic mass is 9.63. The molecule has 3 heterocycles. The molecule has 0 aromatic heterocycles. The number of hydrogen-bond donors (Lipinski definition) is 0. The third kappa shape index (κ3) is 2.00. The fraction of sp³-hybridized carbons (Fsp3) is 0.619. The van der Waals surface area contributed by atoms with Gasteiger partial charge in [0.05, 0.1) is 12.2 Å². The average molecular weight is 326 g/mol. The quantitative estimate of drug-likeness (QED) is 0.604. The highest BCUT2D eigenvalue weighted by Gasteiger charge is 2.56. The van der Waals surface area contributed by atoms with Crippen LogP contribution in [0.15, 0.2) is 24.3 Å². The van der Waals surface area contributed by atoms with E-state index in [2.05, 4.69) is 39.5 Å². The number of hydrogen-bond acceptors (Lipinski definition) is 3. The summed E-state index contributed by atoms with van der Waals surface area (Å²) in [6.07, 6.45) is 5.31. The van der Waals surface area contributed by atoms with Crippen LogP contribution in [0.4, 0.5) is 0 Å². The molecule has 3 aliphatic heterocycles. The second-order valence-electron chi connectivity index (χ2n) is 8.38. The summed E-state index contributed by atoms with van der Waals surface area (Å²) in [5, 5.41) is 0. The van der Waals surface area contributed by atoms with Crippen molar-refractivity contribution in [2.45, 2.75) is 76.3 Å². The van der Waals surface area contributed by atoms with E-state index >= 15 is 0 Å². The highest BCUT2D eigenvalue weighted by atomic mass is 16.6. The van der Waals surface area contributed by atoms with Crippen LogP contribution in [0, 0.1) is 12.8 Å². The first kappa shape index (κ1) is 14.8. The molecule has 5 rings (SSSR count). The largest absolute Gasteiger partial charge is 0.487 e. The molecule has 0 bridgehead atoms. The van der Waals surface area contributed by atoms with Crippen LogP contribution in [0.1, 0.15) is 56.6 Å². The molecule has 1 aliphatic carbocycles. The molecule has 2 unspecified atom stereocenters. The molecule has 3 nitrogen and oxygen atoms in total. The van der Waals surface area contributed by atoms with Crippen LogP contribution in [0.2, 0.25) is 0 Å². The van der Waals surface area contributed by atoms with Gasteiger partial charge in [0.25, 0.3) is 0 Å². The Morgan fingerprint density at radius 3 is 2.79 bits per heavy atom. The van der Waals surface area contributed by atoms with E-state index in [1.807, 2.05) is 0 Å². The predicted octanol–water partition coefficient (Wildman–Crippen LogP) is 4.52. The highest BCUT2D eigenvalue weighted by Crippen LogP contribution is 2.60. The third-order valence-corrected chi connectivity index (χ3v) is 6.66. The summed E-state index contributed by atoms with van der Waals surface area (Å²) in [5.74, 6) is 2.97. The maximum atomic E-state index is 6.66. The minimum Gasteiger partial charge on any atom is -0.487 e. The number of rotatable bonds is 3. The zero-order chi connectivity index (χ0) is 16.6. The summed E-state index contributed by atoms with van der Waals surface area (Å²) >= 11 is 0. The molecule has 1 aromatic rings. The first-order valence-corrected chi connectivity index (χ1v) is 9.29. The molecule has 1 saturated heterocycles. The fourth-order valence-electron chi connectivity index (χ4n) is 5.23. The second kappa shape index (κ2) is 4.78. The normalized spacial score (nSPS) is 41.5. The third-order valence-electron chi connectivity index (χ3n) is 6.66. The Balaban J connectivity index is 1.55. The molecule has 128 valence electrons. The topological polar surface area (TPSA) is 31.0 Å². The Bertz CT molecular complexity index is 724. The smallest absolute Gasteiger partial charge is 0.127 e. The highest BCUT2D eigenvalue weighted by molar-refractivity contribution is 5.57. The van der Waals surface area contributed by atoms with Crippen molar-refractivity contribution in [2.24, 2.45) is 5.92 Å². The maximum absolute atomic E-state index is 6.66. The Kier molecular flexibility index (Phi) is 2.96. The van der Waals surface area contributed by atoms with Crippen LogP contribution in [0.25, 0.3) is 0 Å². The van der Waals surface area contributed by atoms with E-state index in [9.17, 15) is 0 Å². The Hall–Kier alpha value is -1.48. The minimum atomic E-state index is -0.138. The van der Waals surface area contributed by atoms with Gasteiger partial charge in [-0.3, -0.25) is 0 Å². The van der Waals surface area contributed by atoms with E-state index in [-0.39, 0.29) is 11.7 Å². The van der Waals surface area contributed by atoms with Crippen LogP contribution in [-0.2, 0) is 4.74 Å². The van der Waals surface area contributed by atoms with Gasteiger partial charge in [-0.05, 0) is 69.7 Å². The van der Waals surface area contributed by atoms with Crippen LogP contribution >= 0.6 is 0 Å². The SMILES string of the molecule is C=C1CC[C@@H]2[C@H]3c4c(cc(C)cc4O[C@@]2(C)CCC2OC2C)O[C@@H]13. The molecule has 24 heavy (non-hydrogen) atoms. The van der Waals surface area contributed by atoms with Crippen molar-refractivity contribution < 1.29 is 14.2 Å². The first-order chi connectivity index (χ1) is 11.5. The summed E-state index contributed by atoms with van der Waals surface area (Å²) in [6.45, 7) is 10.9. The molecule has 2 fully saturated rings. The van der Waals surface area contributed by atoms with Crippen LogP contribution in [-0.4, -0.2) is 23.9 Å². The van der Waals surface area contributed by atoms with Crippen molar-refractivity contribution in [1.29, 1.82) is 0 Å². The predicted molar refractivity (Wildman–Crippen MR) is 92.8 cm³/mol. The summed E-state index contributed by atoms with van der Waals surface area (Å²) in [7, 11) is 0. The lowest BCUT2D eigenvalue weighted by Gasteiger charge is -2.49. The van der Waals surface area contributed by atoms with Gasteiger partial charge in [0, 0.05) is 17.4 Å². The Morgan fingerprint density at radius 1 is 1.29 bits per heavy atom. The van der Waals surface area contributed by atoms with E-state index in [1.54, 1.807) is 0 Å². The Labute approximate surface area is 144 Å². The molecule has 0 amide bonds. The Morgan fingerprint density at radius 2 is 2.04 bits per heavy atom. The van der Waals surface area contributed by atoms with Gasteiger partial charge in [-0.1, -0.05) is 6.58 Å². The van der Waals surface area contributed by atoms with Gasteiger partial charge < -0.3 is 14.2 Å². The lowest BCUT2D eigenvalue weighted by Crippen LogP contribution is -2.51. The van der Waals surface area contributed by atoms with Gasteiger partial charge in [0.1, 0.15) is 23.2 Å². The van der Waals surface area contributed by atoms with E-state index < -0.39 is 0 Å². The first-order valence-electron chi connectivity index (χ1n) is 9.29. The van der Waals surface area contributed by atoms with Gasteiger partial charge in [0.15, 0.2) is 0 Å². The van der Waals surface area contributed by atoms with Crippen LogP contribution in [0.3, 0.4) is 0 Å². The molecular formula is C21H26O3. The summed E-state index contributed by atoms with van der Waals surface area (Å²) in [4.78, 5) is 0. The number of epoxide rings is 1. The van der Waals surface area contributed by atoms with Crippen molar-refractivity contribution in [3.63, 3.8) is 0 Å². The second-order valence-corrected chi connectivity index (χ2v) is 8.38. The van der Waals surface area contributed by atoms with Gasteiger partial charge >= 0.3 is 0 Å². The van der Waals surface area contributed by atoms with E-state index in [4.69, 9.17) is 14.2 Å². The monoisotopic (exact) mass is 326 g/mol. The molecule has 0 N–H and O–H groups in total. The van der Waals surface area contributed by atoms with Gasteiger partial charge in [-0.2, -0.15) is 0 Å². The molecule has 4 aliphatic rings. The van der Waals surface area contributed by atoms with Crippen molar-refractivity contribution >= 4 is 0 Å². The number of benzene rings is 1. The van der Waals surface area contributed by atoms with Crippen LogP contribution in [0.5, 0.6) is 11.5 Å². The van der Waals surface area contributed by atoms with Crippen molar-refractivity contribution in [2.75, 3.05) is 0 Å². The molecule has 6 atom stereocenters. The maximum Gasteiger partial charge on any atom is 0.127 e. The average Bonchev–Trinajstić information content (AvgIpc) is 3.09. The van der Waals surface area contributed by atoms with Crippen molar-refractivity contribution in [3.8, 4) is 11.5 Å². The van der Waals surface area contributed by atoms with E-state index in [0.717, 1.165) is 37.2 Å². The number of ether oxygens (including phenoxy) is 3.